The second kappa shape index (κ2) is 3.98. The van der Waals surface area contributed by atoms with Crippen LogP contribution in [0.5, 0.6) is 0 Å². The first-order chi connectivity index (χ1) is 6.42. The molecule has 80 valence electrons. The van der Waals surface area contributed by atoms with Gasteiger partial charge < -0.3 is 10.4 Å². The van der Waals surface area contributed by atoms with Crippen LogP contribution in [0.1, 0.15) is 33.1 Å². The third-order valence-corrected chi connectivity index (χ3v) is 2.47. The van der Waals surface area contributed by atoms with Crippen LogP contribution in [-0.2, 0) is 9.59 Å². The summed E-state index contributed by atoms with van der Waals surface area (Å²) < 4.78 is 0. The molecular formula is C10H17NO3. The van der Waals surface area contributed by atoms with Crippen molar-refractivity contribution in [2.24, 2.45) is 11.3 Å². The highest BCUT2D eigenvalue weighted by atomic mass is 16.4. The van der Waals surface area contributed by atoms with E-state index in [1.807, 2.05) is 0 Å². The average molecular weight is 199 g/mol. The van der Waals surface area contributed by atoms with Crippen molar-refractivity contribution >= 4 is 11.9 Å². The predicted octanol–water partition coefficient (Wildman–Crippen LogP) is 1.01. The van der Waals surface area contributed by atoms with E-state index in [2.05, 4.69) is 5.32 Å². The molecule has 0 atom stereocenters. The highest BCUT2D eigenvalue weighted by Gasteiger charge is 2.30. The Bertz CT molecular complexity index is 244. The number of carboxylic acids is 1. The third-order valence-electron chi connectivity index (χ3n) is 2.47. The van der Waals surface area contributed by atoms with E-state index < -0.39 is 11.4 Å². The van der Waals surface area contributed by atoms with Gasteiger partial charge in [0.15, 0.2) is 0 Å². The van der Waals surface area contributed by atoms with Crippen LogP contribution in [-0.4, -0.2) is 23.5 Å². The normalized spacial score (nSPS) is 16.4. The molecule has 1 saturated carbocycles. The summed E-state index contributed by atoms with van der Waals surface area (Å²) in [5, 5.41) is 11.6. The molecule has 2 N–H and O–H groups in total. The SMILES string of the molecule is CC(C)(CC(=O)NCC1CC1)C(=O)O. The van der Waals surface area contributed by atoms with Crippen molar-refractivity contribution in [1.82, 2.24) is 5.32 Å². The van der Waals surface area contributed by atoms with Gasteiger partial charge in [0.25, 0.3) is 0 Å². The zero-order valence-corrected chi connectivity index (χ0v) is 8.67. The standard InChI is InChI=1S/C10H17NO3/c1-10(2,9(13)14)5-8(12)11-6-7-3-4-7/h7H,3-6H2,1-2H3,(H,11,12)(H,13,14). The summed E-state index contributed by atoms with van der Waals surface area (Å²) in [5.74, 6) is -0.463. The van der Waals surface area contributed by atoms with Crippen LogP contribution < -0.4 is 5.32 Å². The molecule has 4 heteroatoms. The molecule has 1 fully saturated rings. The van der Waals surface area contributed by atoms with Crippen LogP contribution in [0.4, 0.5) is 0 Å². The Morgan fingerprint density at radius 1 is 1.43 bits per heavy atom. The van der Waals surface area contributed by atoms with Gasteiger partial charge in [-0.15, -0.1) is 0 Å². The first kappa shape index (κ1) is 11.0. The van der Waals surface area contributed by atoms with Crippen LogP contribution in [0.25, 0.3) is 0 Å². The van der Waals surface area contributed by atoms with Gasteiger partial charge in [-0.1, -0.05) is 0 Å². The molecule has 0 aromatic heterocycles. The van der Waals surface area contributed by atoms with E-state index in [1.165, 1.54) is 12.8 Å². The van der Waals surface area contributed by atoms with Gasteiger partial charge in [-0.25, -0.2) is 0 Å². The van der Waals surface area contributed by atoms with Crippen molar-refractivity contribution in [3.63, 3.8) is 0 Å². The van der Waals surface area contributed by atoms with Gasteiger partial charge in [-0.05, 0) is 32.6 Å². The molecule has 4 nitrogen and oxygen atoms in total. The lowest BCUT2D eigenvalue weighted by Crippen LogP contribution is -2.34. The molecule has 0 radical (unpaired) electrons. The van der Waals surface area contributed by atoms with Gasteiger partial charge in [0.05, 0.1) is 5.41 Å². The van der Waals surface area contributed by atoms with Crippen molar-refractivity contribution in [3.8, 4) is 0 Å². The van der Waals surface area contributed by atoms with E-state index >= 15 is 0 Å². The van der Waals surface area contributed by atoms with Crippen molar-refractivity contribution < 1.29 is 14.7 Å². The summed E-state index contributed by atoms with van der Waals surface area (Å²) in [6.45, 7) is 3.83. The number of carbonyl (C=O) groups excluding carboxylic acids is 1. The number of carbonyl (C=O) groups is 2. The quantitative estimate of drug-likeness (QED) is 0.694. The molecule has 0 heterocycles. The maximum absolute atomic E-state index is 11.3. The highest BCUT2D eigenvalue weighted by molar-refractivity contribution is 5.84. The first-order valence-corrected chi connectivity index (χ1v) is 4.92. The minimum Gasteiger partial charge on any atom is -0.481 e. The Morgan fingerprint density at radius 2 is 2.00 bits per heavy atom. The summed E-state index contributed by atoms with van der Waals surface area (Å²) >= 11 is 0. The Morgan fingerprint density at radius 3 is 2.43 bits per heavy atom. The maximum atomic E-state index is 11.3. The minimum absolute atomic E-state index is 0.0506. The molecule has 0 aliphatic heterocycles. The fourth-order valence-electron chi connectivity index (χ4n) is 1.12. The summed E-state index contributed by atoms with van der Waals surface area (Å²) in [7, 11) is 0. The number of amides is 1. The molecule has 0 aromatic carbocycles. The topological polar surface area (TPSA) is 66.4 Å². The van der Waals surface area contributed by atoms with Crippen LogP contribution in [0.3, 0.4) is 0 Å². The van der Waals surface area contributed by atoms with E-state index in [9.17, 15) is 9.59 Å². The molecular weight excluding hydrogens is 182 g/mol. The summed E-state index contributed by atoms with van der Waals surface area (Å²) in [5.41, 5.74) is -0.965. The smallest absolute Gasteiger partial charge is 0.309 e. The van der Waals surface area contributed by atoms with Crippen molar-refractivity contribution in [2.45, 2.75) is 33.1 Å². The average Bonchev–Trinajstić information content (AvgIpc) is 2.82. The maximum Gasteiger partial charge on any atom is 0.309 e. The number of hydrogen-bond acceptors (Lipinski definition) is 2. The lowest BCUT2D eigenvalue weighted by molar-refractivity contribution is -0.149. The van der Waals surface area contributed by atoms with Gasteiger partial charge >= 0.3 is 5.97 Å². The lowest BCUT2D eigenvalue weighted by Gasteiger charge is -2.18. The number of nitrogens with one attached hydrogen (secondary N) is 1. The van der Waals surface area contributed by atoms with E-state index in [4.69, 9.17) is 5.11 Å². The fraction of sp³-hybridized carbons (Fsp3) is 0.800. The molecule has 1 aliphatic carbocycles. The third kappa shape index (κ3) is 3.36. The monoisotopic (exact) mass is 199 g/mol. The van der Waals surface area contributed by atoms with E-state index in [0.29, 0.717) is 12.5 Å². The number of rotatable bonds is 5. The Kier molecular flexibility index (Phi) is 3.13. The second-order valence-electron chi connectivity index (χ2n) is 4.61. The predicted molar refractivity (Wildman–Crippen MR) is 51.8 cm³/mol. The first-order valence-electron chi connectivity index (χ1n) is 4.92. The van der Waals surface area contributed by atoms with Gasteiger partial charge in [-0.3, -0.25) is 9.59 Å². The molecule has 1 amide bonds. The minimum atomic E-state index is -0.965. The van der Waals surface area contributed by atoms with Crippen LogP contribution in [0.15, 0.2) is 0 Å². The van der Waals surface area contributed by atoms with Gasteiger partial charge in [0.2, 0.25) is 5.91 Å². The number of carboxylic acid groups (broad SMARTS) is 1. The zero-order chi connectivity index (χ0) is 10.8. The molecule has 0 aromatic rings. The van der Waals surface area contributed by atoms with E-state index in [1.54, 1.807) is 13.8 Å². The molecule has 14 heavy (non-hydrogen) atoms. The molecule has 1 rings (SSSR count). The molecule has 1 aliphatic rings. The summed E-state index contributed by atoms with van der Waals surface area (Å²) in [4.78, 5) is 22.0. The van der Waals surface area contributed by atoms with Gasteiger partial charge in [-0.2, -0.15) is 0 Å². The summed E-state index contributed by atoms with van der Waals surface area (Å²) in [6, 6.07) is 0. The fourth-order valence-corrected chi connectivity index (χ4v) is 1.12. The molecule has 0 saturated heterocycles. The number of aliphatic carboxylic acids is 1. The Labute approximate surface area is 83.7 Å². The van der Waals surface area contributed by atoms with E-state index in [0.717, 1.165) is 0 Å². The summed E-state index contributed by atoms with van der Waals surface area (Å²) in [6.07, 6.45) is 2.42. The van der Waals surface area contributed by atoms with Crippen LogP contribution in [0, 0.1) is 11.3 Å². The van der Waals surface area contributed by atoms with Crippen LogP contribution >= 0.6 is 0 Å². The molecule has 0 unspecified atom stereocenters. The number of hydrogen-bond donors (Lipinski definition) is 2. The molecule has 0 bridgehead atoms. The Balaban J connectivity index is 2.27. The zero-order valence-electron chi connectivity index (χ0n) is 8.67. The molecule has 0 spiro atoms. The van der Waals surface area contributed by atoms with Gasteiger partial charge in [0, 0.05) is 13.0 Å². The highest BCUT2D eigenvalue weighted by Crippen LogP contribution is 2.28. The van der Waals surface area contributed by atoms with Crippen molar-refractivity contribution in [1.29, 1.82) is 0 Å². The van der Waals surface area contributed by atoms with Crippen molar-refractivity contribution in [2.75, 3.05) is 6.54 Å². The Hall–Kier alpha value is -1.06. The largest absolute Gasteiger partial charge is 0.481 e. The second-order valence-corrected chi connectivity index (χ2v) is 4.61. The lowest BCUT2D eigenvalue weighted by atomic mass is 9.89. The van der Waals surface area contributed by atoms with Crippen LogP contribution in [0.2, 0.25) is 0 Å². The van der Waals surface area contributed by atoms with E-state index in [-0.39, 0.29) is 12.3 Å². The van der Waals surface area contributed by atoms with Gasteiger partial charge in [0.1, 0.15) is 0 Å². The van der Waals surface area contributed by atoms with Crippen molar-refractivity contribution in [3.05, 3.63) is 0 Å².